The van der Waals surface area contributed by atoms with Crippen molar-refractivity contribution in [2.45, 2.75) is 6.92 Å². The number of carbonyl (C=O) groups is 1. The quantitative estimate of drug-likeness (QED) is 0.386. The second-order valence-electron chi connectivity index (χ2n) is 6.09. The van der Waals surface area contributed by atoms with Crippen LogP contribution in [0.5, 0.6) is 0 Å². The first-order valence-electron chi connectivity index (χ1n) is 8.46. The Balaban J connectivity index is 2.32. The molecule has 0 bridgehead atoms. The van der Waals surface area contributed by atoms with E-state index in [4.69, 9.17) is 4.74 Å². The fourth-order valence-electron chi connectivity index (χ4n) is 3.02. The van der Waals surface area contributed by atoms with Crippen LogP contribution in [0.25, 0.3) is 22.4 Å². The Hall–Kier alpha value is -3.48. The van der Waals surface area contributed by atoms with Gasteiger partial charge in [-0.25, -0.2) is 9.78 Å². The molecule has 3 rings (SSSR count). The van der Waals surface area contributed by atoms with Crippen molar-refractivity contribution in [3.63, 3.8) is 0 Å². The van der Waals surface area contributed by atoms with Crippen LogP contribution in [0.2, 0.25) is 0 Å². The second kappa shape index (κ2) is 7.41. The number of carbonyl (C=O) groups excluding carboxylic acids is 1. The minimum Gasteiger partial charge on any atom is -0.462 e. The maximum Gasteiger partial charge on any atom is 0.342 e. The van der Waals surface area contributed by atoms with Crippen molar-refractivity contribution < 1.29 is 14.5 Å². The van der Waals surface area contributed by atoms with Crippen molar-refractivity contribution in [3.8, 4) is 22.4 Å². The highest BCUT2D eigenvalue weighted by Gasteiger charge is 2.29. The molecule has 7 nitrogen and oxygen atoms in total. The molecule has 1 aliphatic heterocycles. The number of para-hydroxylation sites is 1. The third kappa shape index (κ3) is 3.31. The maximum absolute atomic E-state index is 12.6. The van der Waals surface area contributed by atoms with E-state index in [1.54, 1.807) is 68.4 Å². The van der Waals surface area contributed by atoms with Gasteiger partial charge < -0.3 is 9.64 Å². The third-order valence-electron chi connectivity index (χ3n) is 4.15. The Morgan fingerprint density at radius 3 is 2.26 bits per heavy atom. The topological polar surface area (TPSA) is 85.6 Å². The van der Waals surface area contributed by atoms with E-state index in [0.717, 1.165) is 0 Å². The lowest BCUT2D eigenvalue weighted by Gasteiger charge is -2.11. The molecule has 1 aromatic rings. The summed E-state index contributed by atoms with van der Waals surface area (Å²) in [6.07, 6.45) is 0. The van der Waals surface area contributed by atoms with Gasteiger partial charge in [0.05, 0.1) is 22.8 Å². The van der Waals surface area contributed by atoms with Gasteiger partial charge in [0.15, 0.2) is 0 Å². The minimum atomic E-state index is -0.469. The first-order chi connectivity index (χ1) is 13.0. The molecule has 2 aliphatic rings. The molecule has 1 heterocycles. The van der Waals surface area contributed by atoms with E-state index in [0.29, 0.717) is 33.8 Å². The number of nitrogens with zero attached hydrogens (tertiary/aromatic N) is 3. The Labute approximate surface area is 156 Å². The Kier molecular flexibility index (Phi) is 5.03. The van der Waals surface area contributed by atoms with Gasteiger partial charge in [0, 0.05) is 31.3 Å². The van der Waals surface area contributed by atoms with E-state index in [9.17, 15) is 14.9 Å². The molecule has 0 saturated carbocycles. The standard InChI is InChI=1S/C20H19N3O4/c1-4-27-20(24)17-15-11-6-5-10-14(18(15)21-19(17)22(2)3)13-9-7-8-12-16(13)23(25)26/h5-12H,4H2,1-3H3. The van der Waals surface area contributed by atoms with Crippen molar-refractivity contribution in [3.05, 3.63) is 64.2 Å². The summed E-state index contributed by atoms with van der Waals surface area (Å²) in [4.78, 5) is 30.0. The Bertz CT molecular complexity index is 985. The lowest BCUT2D eigenvalue weighted by molar-refractivity contribution is -0.384. The lowest BCUT2D eigenvalue weighted by Crippen LogP contribution is -2.14. The molecular formula is C20H19N3O4. The highest BCUT2D eigenvalue weighted by Crippen LogP contribution is 2.41. The number of benzene rings is 1. The number of rotatable bonds is 5. The van der Waals surface area contributed by atoms with Gasteiger partial charge >= 0.3 is 5.97 Å². The van der Waals surface area contributed by atoms with Gasteiger partial charge in [-0.2, -0.15) is 0 Å². The number of hydrogen-bond acceptors (Lipinski definition) is 6. The number of nitro groups is 1. The average molecular weight is 365 g/mol. The maximum atomic E-state index is 12.6. The zero-order valence-electron chi connectivity index (χ0n) is 15.3. The van der Waals surface area contributed by atoms with Crippen molar-refractivity contribution in [1.29, 1.82) is 0 Å². The molecule has 0 amide bonds. The van der Waals surface area contributed by atoms with Gasteiger partial charge in [0.1, 0.15) is 11.4 Å². The fourth-order valence-corrected chi connectivity index (χ4v) is 3.02. The summed E-state index contributed by atoms with van der Waals surface area (Å²) in [5.74, 6) is -0.00195. The van der Waals surface area contributed by atoms with Gasteiger partial charge in [-0.15, -0.1) is 0 Å². The molecule has 0 atom stereocenters. The van der Waals surface area contributed by atoms with E-state index < -0.39 is 10.9 Å². The van der Waals surface area contributed by atoms with Crippen LogP contribution in [0, 0.1) is 10.1 Å². The second-order valence-corrected chi connectivity index (χ2v) is 6.09. The summed E-state index contributed by atoms with van der Waals surface area (Å²) in [6.45, 7) is 1.99. The third-order valence-corrected chi connectivity index (χ3v) is 4.15. The largest absolute Gasteiger partial charge is 0.462 e. The van der Waals surface area contributed by atoms with Crippen LogP contribution >= 0.6 is 0 Å². The zero-order valence-corrected chi connectivity index (χ0v) is 15.3. The molecule has 138 valence electrons. The van der Waals surface area contributed by atoms with Crippen LogP contribution in [-0.2, 0) is 4.74 Å². The van der Waals surface area contributed by atoms with Crippen molar-refractivity contribution in [1.82, 2.24) is 4.98 Å². The molecule has 0 radical (unpaired) electrons. The van der Waals surface area contributed by atoms with Gasteiger partial charge in [-0.3, -0.25) is 10.1 Å². The number of esters is 1. The van der Waals surface area contributed by atoms with Crippen molar-refractivity contribution in [2.24, 2.45) is 0 Å². The van der Waals surface area contributed by atoms with Crippen molar-refractivity contribution >= 4 is 17.5 Å². The number of hydrogen-bond donors (Lipinski definition) is 0. The zero-order chi connectivity index (χ0) is 19.6. The van der Waals surface area contributed by atoms with E-state index in [-0.39, 0.29) is 12.3 Å². The molecule has 1 aliphatic carbocycles. The summed E-state index contributed by atoms with van der Waals surface area (Å²) in [5.41, 5.74) is 2.48. The number of nitro benzene ring substituents is 1. The Morgan fingerprint density at radius 2 is 1.67 bits per heavy atom. The number of anilines is 1. The predicted molar refractivity (Wildman–Crippen MR) is 103 cm³/mol. The number of fused-ring (bicyclic) bond motifs is 1. The van der Waals surface area contributed by atoms with E-state index in [2.05, 4.69) is 4.98 Å². The molecule has 27 heavy (non-hydrogen) atoms. The van der Waals surface area contributed by atoms with Crippen LogP contribution in [0.4, 0.5) is 11.5 Å². The van der Waals surface area contributed by atoms with Crippen LogP contribution in [0.1, 0.15) is 17.3 Å². The fraction of sp³-hybridized carbons (Fsp3) is 0.200. The van der Waals surface area contributed by atoms with Gasteiger partial charge in [-0.05, 0) is 13.0 Å². The smallest absolute Gasteiger partial charge is 0.342 e. The van der Waals surface area contributed by atoms with E-state index >= 15 is 0 Å². The molecular weight excluding hydrogens is 346 g/mol. The highest BCUT2D eigenvalue weighted by molar-refractivity contribution is 6.05. The Morgan fingerprint density at radius 1 is 1.07 bits per heavy atom. The molecule has 7 heteroatoms. The molecule has 0 fully saturated rings. The summed E-state index contributed by atoms with van der Waals surface area (Å²) >= 11 is 0. The van der Waals surface area contributed by atoms with Crippen LogP contribution in [-0.4, -0.2) is 36.6 Å². The predicted octanol–water partition coefficient (Wildman–Crippen LogP) is 4.00. The highest BCUT2D eigenvalue weighted by atomic mass is 16.6. The summed E-state index contributed by atoms with van der Waals surface area (Å²) in [6, 6.07) is 13.6. The van der Waals surface area contributed by atoms with Gasteiger partial charge in [0.2, 0.25) is 0 Å². The van der Waals surface area contributed by atoms with Gasteiger partial charge in [0.25, 0.3) is 5.69 Å². The summed E-state index contributed by atoms with van der Waals surface area (Å²) in [5, 5.41) is 11.5. The average Bonchev–Trinajstić information content (AvgIpc) is 2.90. The molecule has 0 spiro atoms. The first-order valence-corrected chi connectivity index (χ1v) is 8.46. The van der Waals surface area contributed by atoms with Crippen LogP contribution < -0.4 is 4.90 Å². The molecule has 0 saturated heterocycles. The summed E-state index contributed by atoms with van der Waals surface area (Å²) < 4.78 is 5.21. The lowest BCUT2D eigenvalue weighted by atomic mass is 9.99. The van der Waals surface area contributed by atoms with E-state index in [1.807, 2.05) is 0 Å². The molecule has 1 aromatic carbocycles. The normalized spacial score (nSPS) is 10.6. The molecule has 0 N–H and O–H groups in total. The molecule has 0 aromatic heterocycles. The van der Waals surface area contributed by atoms with Gasteiger partial charge in [-0.1, -0.05) is 36.4 Å². The van der Waals surface area contributed by atoms with Crippen molar-refractivity contribution in [2.75, 3.05) is 25.6 Å². The van der Waals surface area contributed by atoms with Crippen LogP contribution in [0.15, 0.2) is 48.5 Å². The number of ether oxygens (including phenoxy) is 1. The molecule has 0 unspecified atom stereocenters. The van der Waals surface area contributed by atoms with Crippen LogP contribution in [0.3, 0.4) is 0 Å². The first kappa shape index (κ1) is 18.3. The minimum absolute atomic E-state index is 0.0166. The SMILES string of the molecule is CCOC(=O)c1c2ccccc(-c3ccccc3[N+](=O)[O-])c-2nc1N(C)C. The monoisotopic (exact) mass is 365 g/mol. The number of aromatic nitrogens is 1. The summed E-state index contributed by atoms with van der Waals surface area (Å²) in [7, 11) is 3.57. The van der Waals surface area contributed by atoms with E-state index in [1.165, 1.54) is 6.07 Å².